The number of aromatic nitrogens is 2. The van der Waals surface area contributed by atoms with Gasteiger partial charge in [-0.15, -0.1) is 0 Å². The Kier molecular flexibility index (Phi) is 5.12. The predicted octanol–water partition coefficient (Wildman–Crippen LogP) is 3.52. The monoisotopic (exact) mass is 393 g/mol. The summed E-state index contributed by atoms with van der Waals surface area (Å²) in [5.41, 5.74) is 3.39. The van der Waals surface area contributed by atoms with Crippen LogP contribution in [0.15, 0.2) is 42.6 Å². The van der Waals surface area contributed by atoms with Crippen molar-refractivity contribution in [3.8, 4) is 17.2 Å². The topological polar surface area (TPSA) is 76.7 Å². The van der Waals surface area contributed by atoms with Gasteiger partial charge in [-0.3, -0.25) is 9.89 Å². The molecular formula is C22H23N3O4. The molecule has 1 aliphatic heterocycles. The number of rotatable bonds is 5. The average molecular weight is 393 g/mol. The molecule has 7 heteroatoms. The zero-order valence-corrected chi connectivity index (χ0v) is 16.7. The molecule has 3 aromatic rings. The number of carbonyl (C=O) groups excluding carboxylic acids is 1. The summed E-state index contributed by atoms with van der Waals surface area (Å²) in [5.74, 6) is 2.04. The lowest BCUT2D eigenvalue weighted by molar-refractivity contribution is 0.0774. The molecule has 1 aliphatic rings. The van der Waals surface area contributed by atoms with Gasteiger partial charge in [-0.25, -0.2) is 0 Å². The quantitative estimate of drug-likeness (QED) is 0.718. The number of carbonyl (C=O) groups is 1. The van der Waals surface area contributed by atoms with E-state index < -0.39 is 0 Å². The average Bonchev–Trinajstić information content (AvgIpc) is 3.26. The summed E-state index contributed by atoms with van der Waals surface area (Å²) in [6.07, 6.45) is 4.48. The molecule has 2 heterocycles. The second kappa shape index (κ2) is 7.87. The lowest BCUT2D eigenvalue weighted by Gasteiger charge is -2.28. The molecule has 150 valence electrons. The number of nitrogens with zero attached hydrogens (tertiary/aromatic N) is 2. The highest BCUT2D eigenvalue weighted by Gasteiger charge is 2.24. The van der Waals surface area contributed by atoms with E-state index in [1.54, 1.807) is 27.5 Å². The maximum absolute atomic E-state index is 13.1. The van der Waals surface area contributed by atoms with E-state index in [2.05, 4.69) is 16.3 Å². The summed E-state index contributed by atoms with van der Waals surface area (Å²) in [6.45, 7) is 1.12. The lowest BCUT2D eigenvalue weighted by atomic mass is 9.96. The number of benzene rings is 2. The van der Waals surface area contributed by atoms with Crippen LogP contribution in [0.25, 0.3) is 16.5 Å². The Labute approximate surface area is 168 Å². The predicted molar refractivity (Wildman–Crippen MR) is 111 cm³/mol. The van der Waals surface area contributed by atoms with Crippen LogP contribution < -0.4 is 14.2 Å². The van der Waals surface area contributed by atoms with Crippen molar-refractivity contribution in [2.45, 2.75) is 6.42 Å². The summed E-state index contributed by atoms with van der Waals surface area (Å²) < 4.78 is 16.5. The SMILES string of the molecule is COc1cc(OC)c(C2=CCN(C(=O)c3cccc4cn[nH]c34)CC2)c(OC)c1. The number of H-pyrrole nitrogens is 1. The Morgan fingerprint density at radius 3 is 2.48 bits per heavy atom. The molecule has 0 bridgehead atoms. The number of hydrogen-bond donors (Lipinski definition) is 1. The zero-order valence-electron chi connectivity index (χ0n) is 16.7. The standard InChI is InChI=1S/C22H23N3O4/c1-27-16-11-18(28-2)20(19(12-16)29-3)14-7-9-25(10-8-14)22(26)17-6-4-5-15-13-23-24-21(15)17/h4-7,11-13H,8-10H2,1-3H3,(H,23,24). The first-order valence-corrected chi connectivity index (χ1v) is 9.37. The molecule has 4 rings (SSSR count). The Balaban J connectivity index is 1.62. The first-order valence-electron chi connectivity index (χ1n) is 9.37. The molecule has 0 aliphatic carbocycles. The molecule has 0 spiro atoms. The van der Waals surface area contributed by atoms with Crippen molar-refractivity contribution >= 4 is 22.4 Å². The minimum absolute atomic E-state index is 0.0104. The molecule has 0 atom stereocenters. The molecule has 29 heavy (non-hydrogen) atoms. The number of methoxy groups -OCH3 is 3. The van der Waals surface area contributed by atoms with Gasteiger partial charge in [-0.1, -0.05) is 18.2 Å². The van der Waals surface area contributed by atoms with E-state index in [-0.39, 0.29) is 5.91 Å². The van der Waals surface area contributed by atoms with Crippen LogP contribution in [0.1, 0.15) is 22.3 Å². The highest BCUT2D eigenvalue weighted by molar-refractivity contribution is 6.05. The van der Waals surface area contributed by atoms with E-state index >= 15 is 0 Å². The Morgan fingerprint density at radius 2 is 1.86 bits per heavy atom. The van der Waals surface area contributed by atoms with E-state index in [1.807, 2.05) is 35.2 Å². The minimum Gasteiger partial charge on any atom is -0.496 e. The summed E-state index contributed by atoms with van der Waals surface area (Å²) in [7, 11) is 4.86. The van der Waals surface area contributed by atoms with Gasteiger partial charge >= 0.3 is 0 Å². The van der Waals surface area contributed by atoms with E-state index in [0.29, 0.717) is 42.3 Å². The van der Waals surface area contributed by atoms with Gasteiger partial charge in [0.15, 0.2) is 0 Å². The minimum atomic E-state index is -0.0104. The van der Waals surface area contributed by atoms with Crippen LogP contribution in [-0.4, -0.2) is 55.4 Å². The molecule has 0 unspecified atom stereocenters. The highest BCUT2D eigenvalue weighted by atomic mass is 16.5. The Bertz CT molecular complexity index is 1060. The lowest BCUT2D eigenvalue weighted by Crippen LogP contribution is -2.34. The van der Waals surface area contributed by atoms with Crippen molar-refractivity contribution in [3.05, 3.63) is 53.7 Å². The number of fused-ring (bicyclic) bond motifs is 1. The van der Waals surface area contributed by atoms with E-state index in [1.165, 1.54) is 0 Å². The number of para-hydroxylation sites is 1. The summed E-state index contributed by atoms with van der Waals surface area (Å²) in [4.78, 5) is 14.9. The van der Waals surface area contributed by atoms with Gasteiger partial charge < -0.3 is 19.1 Å². The molecule has 1 amide bonds. The fourth-order valence-electron chi connectivity index (χ4n) is 3.72. The number of nitrogens with one attached hydrogen (secondary N) is 1. The van der Waals surface area contributed by atoms with Crippen molar-refractivity contribution in [3.63, 3.8) is 0 Å². The number of aromatic amines is 1. The number of hydrogen-bond acceptors (Lipinski definition) is 5. The van der Waals surface area contributed by atoms with Crippen molar-refractivity contribution < 1.29 is 19.0 Å². The van der Waals surface area contributed by atoms with E-state index in [0.717, 1.165) is 22.0 Å². The van der Waals surface area contributed by atoms with Gasteiger partial charge in [0, 0.05) is 30.6 Å². The van der Waals surface area contributed by atoms with E-state index in [4.69, 9.17) is 14.2 Å². The second-order valence-corrected chi connectivity index (χ2v) is 6.78. The third-order valence-electron chi connectivity index (χ3n) is 5.24. The highest BCUT2D eigenvalue weighted by Crippen LogP contribution is 2.41. The number of ether oxygens (including phenoxy) is 3. The largest absolute Gasteiger partial charge is 0.496 e. The molecule has 0 saturated carbocycles. The molecule has 1 aromatic heterocycles. The van der Waals surface area contributed by atoms with Gasteiger partial charge in [0.1, 0.15) is 17.2 Å². The van der Waals surface area contributed by atoms with Crippen molar-refractivity contribution in [1.29, 1.82) is 0 Å². The smallest absolute Gasteiger partial charge is 0.256 e. The fourth-order valence-corrected chi connectivity index (χ4v) is 3.72. The molecule has 1 N–H and O–H groups in total. The van der Waals surface area contributed by atoms with Gasteiger partial charge in [-0.2, -0.15) is 5.10 Å². The number of amides is 1. The van der Waals surface area contributed by atoms with Crippen LogP contribution in [-0.2, 0) is 0 Å². The van der Waals surface area contributed by atoms with Crippen LogP contribution in [0.2, 0.25) is 0 Å². The molecule has 0 fully saturated rings. The first kappa shape index (κ1) is 18.9. The van der Waals surface area contributed by atoms with Gasteiger partial charge in [0.25, 0.3) is 5.91 Å². The van der Waals surface area contributed by atoms with Crippen molar-refractivity contribution in [2.75, 3.05) is 34.4 Å². The van der Waals surface area contributed by atoms with Crippen LogP contribution in [0.4, 0.5) is 0 Å². The van der Waals surface area contributed by atoms with Crippen LogP contribution in [0, 0.1) is 0 Å². The fraction of sp³-hybridized carbons (Fsp3) is 0.273. The van der Waals surface area contributed by atoms with Crippen LogP contribution in [0.3, 0.4) is 0 Å². The summed E-state index contributed by atoms with van der Waals surface area (Å²) in [5, 5.41) is 7.90. The van der Waals surface area contributed by atoms with Gasteiger partial charge in [-0.05, 0) is 18.1 Å². The molecule has 2 aromatic carbocycles. The second-order valence-electron chi connectivity index (χ2n) is 6.78. The zero-order chi connectivity index (χ0) is 20.4. The maximum atomic E-state index is 13.1. The summed E-state index contributed by atoms with van der Waals surface area (Å²) >= 11 is 0. The Morgan fingerprint density at radius 1 is 1.10 bits per heavy atom. The van der Waals surface area contributed by atoms with Gasteiger partial charge in [0.2, 0.25) is 0 Å². The molecular weight excluding hydrogens is 370 g/mol. The molecule has 0 radical (unpaired) electrons. The van der Waals surface area contributed by atoms with Crippen molar-refractivity contribution in [1.82, 2.24) is 15.1 Å². The van der Waals surface area contributed by atoms with Crippen LogP contribution in [0.5, 0.6) is 17.2 Å². The van der Waals surface area contributed by atoms with E-state index in [9.17, 15) is 4.79 Å². The summed E-state index contributed by atoms with van der Waals surface area (Å²) in [6, 6.07) is 9.33. The van der Waals surface area contributed by atoms with Crippen LogP contribution >= 0.6 is 0 Å². The first-order chi connectivity index (χ1) is 14.2. The third-order valence-corrected chi connectivity index (χ3v) is 5.24. The van der Waals surface area contributed by atoms with Gasteiger partial charge in [0.05, 0.1) is 44.2 Å². The maximum Gasteiger partial charge on any atom is 0.256 e. The molecule has 0 saturated heterocycles. The normalized spacial score (nSPS) is 13.9. The van der Waals surface area contributed by atoms with Crippen molar-refractivity contribution in [2.24, 2.45) is 0 Å². The molecule has 7 nitrogen and oxygen atoms in total. The Hall–Kier alpha value is -3.48. The third kappa shape index (κ3) is 3.40.